The molecule has 1 aromatic carbocycles. The van der Waals surface area contributed by atoms with Gasteiger partial charge in [-0.05, 0) is 24.2 Å². The lowest BCUT2D eigenvalue weighted by Crippen LogP contribution is -2.17. The largest absolute Gasteiger partial charge is 0.369 e. The number of hydrogen-bond acceptors (Lipinski definition) is 4. The van der Waals surface area contributed by atoms with E-state index in [0.717, 1.165) is 25.3 Å². The van der Waals surface area contributed by atoms with Crippen LogP contribution in [0.5, 0.6) is 0 Å². The summed E-state index contributed by atoms with van der Waals surface area (Å²) in [5.41, 5.74) is 5.55. The van der Waals surface area contributed by atoms with E-state index in [0.29, 0.717) is 0 Å². The zero-order valence-corrected chi connectivity index (χ0v) is 11.7. The van der Waals surface area contributed by atoms with Gasteiger partial charge in [-0.25, -0.2) is 4.98 Å². The fraction of sp³-hybridized carbons (Fsp3) is 0.357. The zero-order chi connectivity index (χ0) is 12.8. The minimum absolute atomic E-state index is 0.857. The quantitative estimate of drug-likeness (QED) is 0.866. The molecule has 2 aromatic rings. The topological polar surface area (TPSA) is 28.2 Å². The van der Waals surface area contributed by atoms with Crippen molar-refractivity contribution in [2.45, 2.75) is 20.0 Å². The van der Waals surface area contributed by atoms with E-state index in [-0.39, 0.29) is 0 Å². The van der Waals surface area contributed by atoms with Crippen molar-refractivity contribution in [1.29, 1.82) is 0 Å². The molecule has 0 unspecified atom stereocenters. The standard InChI is InChI=1S/C14H19N3S/c1-3-15-8-12-4-6-14(7-5-12)17(2)9-13-10-18-11-16-13/h4-7,10-11,15H,3,8-9H2,1-2H3. The minimum Gasteiger partial charge on any atom is -0.369 e. The fourth-order valence-electron chi connectivity index (χ4n) is 1.79. The first kappa shape index (κ1) is 13.1. The number of anilines is 1. The van der Waals surface area contributed by atoms with Crippen molar-refractivity contribution in [3.63, 3.8) is 0 Å². The van der Waals surface area contributed by atoms with Gasteiger partial charge in [0.25, 0.3) is 0 Å². The molecule has 0 saturated carbocycles. The van der Waals surface area contributed by atoms with Crippen molar-refractivity contribution in [3.05, 3.63) is 46.4 Å². The van der Waals surface area contributed by atoms with Crippen LogP contribution in [0.4, 0.5) is 5.69 Å². The Morgan fingerprint density at radius 1 is 1.28 bits per heavy atom. The summed E-state index contributed by atoms with van der Waals surface area (Å²) >= 11 is 1.64. The van der Waals surface area contributed by atoms with Gasteiger partial charge in [-0.1, -0.05) is 19.1 Å². The molecule has 0 amide bonds. The number of hydrogen-bond donors (Lipinski definition) is 1. The van der Waals surface area contributed by atoms with E-state index in [1.807, 2.05) is 5.51 Å². The maximum absolute atomic E-state index is 4.31. The maximum atomic E-state index is 4.31. The molecule has 0 spiro atoms. The highest BCUT2D eigenvalue weighted by Crippen LogP contribution is 2.16. The number of aromatic nitrogens is 1. The Labute approximate surface area is 112 Å². The molecule has 2 rings (SSSR count). The highest BCUT2D eigenvalue weighted by molar-refractivity contribution is 7.07. The van der Waals surface area contributed by atoms with E-state index in [1.165, 1.54) is 11.3 Å². The molecule has 1 heterocycles. The number of nitrogens with one attached hydrogen (secondary N) is 1. The van der Waals surface area contributed by atoms with Crippen LogP contribution in [-0.4, -0.2) is 18.6 Å². The van der Waals surface area contributed by atoms with Crippen LogP contribution in [0.25, 0.3) is 0 Å². The van der Waals surface area contributed by atoms with E-state index in [1.54, 1.807) is 11.3 Å². The van der Waals surface area contributed by atoms with E-state index >= 15 is 0 Å². The first-order valence-corrected chi connectivity index (χ1v) is 7.11. The molecular formula is C14H19N3S. The van der Waals surface area contributed by atoms with Gasteiger partial charge in [0, 0.05) is 24.7 Å². The van der Waals surface area contributed by atoms with Crippen molar-refractivity contribution >= 4 is 17.0 Å². The SMILES string of the molecule is CCNCc1ccc(N(C)Cc2cscn2)cc1. The first-order chi connectivity index (χ1) is 8.79. The normalized spacial score (nSPS) is 10.6. The van der Waals surface area contributed by atoms with E-state index in [9.17, 15) is 0 Å². The van der Waals surface area contributed by atoms with Gasteiger partial charge in [0.05, 0.1) is 17.7 Å². The van der Waals surface area contributed by atoms with Crippen LogP contribution < -0.4 is 10.2 Å². The Morgan fingerprint density at radius 3 is 2.67 bits per heavy atom. The molecule has 18 heavy (non-hydrogen) atoms. The van der Waals surface area contributed by atoms with Crippen LogP contribution in [0.1, 0.15) is 18.2 Å². The molecule has 0 atom stereocenters. The van der Waals surface area contributed by atoms with Gasteiger partial charge < -0.3 is 10.2 Å². The lowest BCUT2D eigenvalue weighted by atomic mass is 10.2. The summed E-state index contributed by atoms with van der Waals surface area (Å²) in [5, 5.41) is 5.42. The highest BCUT2D eigenvalue weighted by atomic mass is 32.1. The second kappa shape index (κ2) is 6.52. The van der Waals surface area contributed by atoms with E-state index < -0.39 is 0 Å². The predicted molar refractivity (Wildman–Crippen MR) is 78.0 cm³/mol. The van der Waals surface area contributed by atoms with Crippen LogP contribution in [-0.2, 0) is 13.1 Å². The second-order valence-electron chi connectivity index (χ2n) is 4.28. The van der Waals surface area contributed by atoms with Crippen molar-refractivity contribution in [3.8, 4) is 0 Å². The average molecular weight is 261 g/mol. The molecule has 4 heteroatoms. The van der Waals surface area contributed by atoms with E-state index in [2.05, 4.69) is 58.8 Å². The smallest absolute Gasteiger partial charge is 0.0795 e. The van der Waals surface area contributed by atoms with Crippen molar-refractivity contribution in [2.24, 2.45) is 0 Å². The van der Waals surface area contributed by atoms with E-state index in [4.69, 9.17) is 0 Å². The molecule has 0 saturated heterocycles. The summed E-state index contributed by atoms with van der Waals surface area (Å²) < 4.78 is 0. The van der Waals surface area contributed by atoms with Crippen molar-refractivity contribution in [2.75, 3.05) is 18.5 Å². The molecule has 0 radical (unpaired) electrons. The fourth-order valence-corrected chi connectivity index (χ4v) is 2.34. The summed E-state index contributed by atoms with van der Waals surface area (Å²) in [7, 11) is 2.10. The molecule has 0 fully saturated rings. The Bertz CT molecular complexity index is 450. The van der Waals surface area contributed by atoms with Gasteiger partial charge in [0.2, 0.25) is 0 Å². The molecule has 1 aromatic heterocycles. The molecule has 1 N–H and O–H groups in total. The first-order valence-electron chi connectivity index (χ1n) is 6.17. The summed E-state index contributed by atoms with van der Waals surface area (Å²) in [5.74, 6) is 0. The van der Waals surface area contributed by atoms with Crippen molar-refractivity contribution < 1.29 is 0 Å². The third kappa shape index (κ3) is 3.55. The van der Waals surface area contributed by atoms with Crippen molar-refractivity contribution in [1.82, 2.24) is 10.3 Å². The predicted octanol–water partition coefficient (Wildman–Crippen LogP) is 2.89. The van der Waals surface area contributed by atoms with Crippen LogP contribution in [0.3, 0.4) is 0 Å². The summed E-state index contributed by atoms with van der Waals surface area (Å²) in [4.78, 5) is 6.52. The Balaban J connectivity index is 1.96. The summed E-state index contributed by atoms with van der Waals surface area (Å²) in [6.07, 6.45) is 0. The Kier molecular flexibility index (Phi) is 4.73. The molecule has 0 aliphatic rings. The molecule has 0 bridgehead atoms. The lowest BCUT2D eigenvalue weighted by molar-refractivity contribution is 0.726. The van der Waals surface area contributed by atoms with Crippen LogP contribution in [0.15, 0.2) is 35.2 Å². The Hall–Kier alpha value is -1.39. The third-order valence-corrected chi connectivity index (χ3v) is 3.47. The molecular weight excluding hydrogens is 242 g/mol. The number of nitrogens with zero attached hydrogens (tertiary/aromatic N) is 2. The monoisotopic (exact) mass is 261 g/mol. The molecule has 3 nitrogen and oxygen atoms in total. The number of benzene rings is 1. The summed E-state index contributed by atoms with van der Waals surface area (Å²) in [6, 6.07) is 8.68. The third-order valence-electron chi connectivity index (χ3n) is 2.84. The van der Waals surface area contributed by atoms with Gasteiger partial charge >= 0.3 is 0 Å². The molecule has 96 valence electrons. The lowest BCUT2D eigenvalue weighted by Gasteiger charge is -2.18. The molecule has 0 aliphatic heterocycles. The maximum Gasteiger partial charge on any atom is 0.0795 e. The van der Waals surface area contributed by atoms with Gasteiger partial charge in [-0.2, -0.15) is 0 Å². The van der Waals surface area contributed by atoms with Crippen LogP contribution in [0.2, 0.25) is 0 Å². The summed E-state index contributed by atoms with van der Waals surface area (Å²) in [6.45, 7) is 4.92. The van der Waals surface area contributed by atoms with Gasteiger partial charge in [0.15, 0.2) is 0 Å². The Morgan fingerprint density at radius 2 is 2.06 bits per heavy atom. The number of thiazole rings is 1. The zero-order valence-electron chi connectivity index (χ0n) is 10.9. The number of rotatable bonds is 6. The van der Waals surface area contributed by atoms with Gasteiger partial charge in [-0.15, -0.1) is 11.3 Å². The van der Waals surface area contributed by atoms with Crippen LogP contribution in [0, 0.1) is 0 Å². The van der Waals surface area contributed by atoms with Gasteiger partial charge in [-0.3, -0.25) is 0 Å². The second-order valence-corrected chi connectivity index (χ2v) is 5.00. The molecule has 0 aliphatic carbocycles. The average Bonchev–Trinajstić information content (AvgIpc) is 2.89. The van der Waals surface area contributed by atoms with Gasteiger partial charge in [0.1, 0.15) is 0 Å². The highest BCUT2D eigenvalue weighted by Gasteiger charge is 2.03. The minimum atomic E-state index is 0.857. The van der Waals surface area contributed by atoms with Crippen LogP contribution >= 0.6 is 11.3 Å².